The molecular formula is H2O6Se2Zn. The third-order valence-electron chi connectivity index (χ3n) is 0. The monoisotopic (exact) mass is 322 g/mol. The molecule has 2 atom stereocenters. The van der Waals surface area contributed by atoms with Gasteiger partial charge in [-0.1, -0.05) is 0 Å². The van der Waals surface area contributed by atoms with E-state index in [1.807, 2.05) is 0 Å². The summed E-state index contributed by atoms with van der Waals surface area (Å²) in [5.74, 6) is 0. The van der Waals surface area contributed by atoms with E-state index in [9.17, 15) is 0 Å². The molecule has 52 valence electrons. The molecule has 0 aliphatic heterocycles. The molecule has 0 bridgehead atoms. The van der Waals surface area contributed by atoms with E-state index in [-0.39, 0.29) is 19.5 Å². The molecule has 0 aromatic carbocycles. The summed E-state index contributed by atoms with van der Waals surface area (Å²) in [4.78, 5) is 0. The molecule has 0 aromatic rings. The zero-order valence-electron chi connectivity index (χ0n) is 4.05. The molecule has 0 rings (SSSR count). The van der Waals surface area contributed by atoms with Gasteiger partial charge in [-0.05, 0) is 0 Å². The summed E-state index contributed by atoms with van der Waals surface area (Å²) in [6.07, 6.45) is 0. The topological polar surface area (TPSA) is 121 Å². The van der Waals surface area contributed by atoms with Gasteiger partial charge in [-0.25, -0.2) is 0 Å². The smallest absolute Gasteiger partial charge is 2.00 e. The molecule has 0 heterocycles. The second kappa shape index (κ2) is 11.8. The average Bonchev–Trinajstić information content (AvgIpc) is 1.25. The molecule has 0 aliphatic rings. The minimum atomic E-state index is -3.54. The van der Waals surface area contributed by atoms with Crippen LogP contribution in [0.25, 0.3) is 0 Å². The van der Waals surface area contributed by atoms with Crippen molar-refractivity contribution in [3.63, 3.8) is 0 Å². The fraction of sp³-hybridized carbons (Fsp3) is 0. The van der Waals surface area contributed by atoms with E-state index in [4.69, 9.17) is 24.4 Å². The molecule has 9 heavy (non-hydrogen) atoms. The van der Waals surface area contributed by atoms with Gasteiger partial charge < -0.3 is 0 Å². The summed E-state index contributed by atoms with van der Waals surface area (Å²) in [7, 11) is 0. The molecule has 0 radical (unpaired) electrons. The molecule has 0 aromatic heterocycles. The molecule has 2 unspecified atom stereocenters. The zero-order valence-corrected chi connectivity index (χ0v) is 10.4. The Labute approximate surface area is 72.7 Å². The van der Waals surface area contributed by atoms with Gasteiger partial charge in [0.1, 0.15) is 0 Å². The summed E-state index contributed by atoms with van der Waals surface area (Å²) in [6, 6.07) is 0. The van der Waals surface area contributed by atoms with Gasteiger partial charge in [-0.3, -0.25) is 0 Å². The fourth-order valence-corrected chi connectivity index (χ4v) is 0. The molecule has 0 fully saturated rings. The van der Waals surface area contributed by atoms with Gasteiger partial charge in [0.15, 0.2) is 0 Å². The molecule has 2 N–H and O–H groups in total. The summed E-state index contributed by atoms with van der Waals surface area (Å²) >= 11 is -7.08. The van der Waals surface area contributed by atoms with Crippen molar-refractivity contribution >= 4 is 29.0 Å². The van der Waals surface area contributed by atoms with E-state index in [0.29, 0.717) is 0 Å². The van der Waals surface area contributed by atoms with Crippen LogP contribution in [0.2, 0.25) is 0 Å². The van der Waals surface area contributed by atoms with E-state index < -0.39 is 29.0 Å². The van der Waals surface area contributed by atoms with Crippen LogP contribution in [0.1, 0.15) is 0 Å². The molecule has 0 saturated carbocycles. The third-order valence-corrected chi connectivity index (χ3v) is 0. The Balaban J connectivity index is -0.0000000720. The van der Waals surface area contributed by atoms with Crippen molar-refractivity contribution in [1.29, 1.82) is 0 Å². The predicted molar refractivity (Wildman–Crippen MR) is 17.3 cm³/mol. The van der Waals surface area contributed by atoms with E-state index in [1.165, 1.54) is 0 Å². The molecule has 9 heteroatoms. The van der Waals surface area contributed by atoms with Crippen molar-refractivity contribution < 1.29 is 43.9 Å². The Hall–Kier alpha value is 1.10. The third kappa shape index (κ3) is 378. The van der Waals surface area contributed by atoms with Gasteiger partial charge in [-0.15, -0.1) is 0 Å². The van der Waals surface area contributed by atoms with Gasteiger partial charge in [0.2, 0.25) is 0 Å². The van der Waals surface area contributed by atoms with Crippen LogP contribution in [0.3, 0.4) is 0 Å². The molecule has 6 nitrogen and oxygen atoms in total. The normalized spacial score (nSPS) is 13.8. The van der Waals surface area contributed by atoms with Gasteiger partial charge in [0.25, 0.3) is 0 Å². The van der Waals surface area contributed by atoms with Crippen molar-refractivity contribution in [2.75, 3.05) is 0 Å². The first-order chi connectivity index (χ1) is 3.46. The standard InChI is InChI=1S/2H2O3Se.Zn/c2*1-4(2)3;/h2*(H2,1,2,3);/q;;+2/p-2. The van der Waals surface area contributed by atoms with Crippen LogP contribution in [-0.2, 0) is 27.1 Å². The number of rotatable bonds is 0. The van der Waals surface area contributed by atoms with E-state index in [0.717, 1.165) is 0 Å². The van der Waals surface area contributed by atoms with Crippen molar-refractivity contribution in [2.45, 2.75) is 0 Å². The van der Waals surface area contributed by atoms with Gasteiger partial charge in [0, 0.05) is 0 Å². The summed E-state index contributed by atoms with van der Waals surface area (Å²) in [6.45, 7) is 0. The van der Waals surface area contributed by atoms with Gasteiger partial charge >= 0.3 is 72.9 Å². The van der Waals surface area contributed by atoms with Gasteiger partial charge in [0.05, 0.1) is 0 Å². The predicted octanol–water partition coefficient (Wildman–Crippen LogP) is -4.49. The maximum absolute atomic E-state index is 8.65. The Morgan fingerprint density at radius 2 is 1.00 bits per heavy atom. The summed E-state index contributed by atoms with van der Waals surface area (Å²) < 4.78 is 48.8. The second-order valence-electron chi connectivity index (χ2n) is 0.434. The number of hydrogen-bond donors (Lipinski definition) is 2. The molecular weight excluding hydrogens is 319 g/mol. The van der Waals surface area contributed by atoms with E-state index in [1.54, 1.807) is 0 Å². The van der Waals surface area contributed by atoms with E-state index in [2.05, 4.69) is 0 Å². The Kier molecular flexibility index (Phi) is 21.8. The first-order valence-corrected chi connectivity index (χ1v) is 5.36. The van der Waals surface area contributed by atoms with Crippen LogP contribution < -0.4 is 8.38 Å². The SMILES string of the molecule is O=[Se]([O-])O.O=[Se]([O-])O.[Zn+2]. The van der Waals surface area contributed by atoms with Crippen LogP contribution in [0.5, 0.6) is 0 Å². The van der Waals surface area contributed by atoms with E-state index >= 15 is 0 Å². The second-order valence-corrected chi connectivity index (χ2v) is 2.26. The van der Waals surface area contributed by atoms with Crippen LogP contribution in [0.15, 0.2) is 0 Å². The van der Waals surface area contributed by atoms with Crippen LogP contribution in [0.4, 0.5) is 0 Å². The minimum Gasteiger partial charge on any atom is 2.00 e. The van der Waals surface area contributed by atoms with Crippen LogP contribution in [-0.4, -0.2) is 37.4 Å². The first-order valence-electron chi connectivity index (χ1n) is 1.03. The Morgan fingerprint density at radius 1 is 1.00 bits per heavy atom. The number of hydrogen-bond acceptors (Lipinski definition) is 4. The van der Waals surface area contributed by atoms with Crippen molar-refractivity contribution in [3.05, 3.63) is 0 Å². The Morgan fingerprint density at radius 3 is 1.00 bits per heavy atom. The average molecular weight is 321 g/mol. The molecule has 0 aliphatic carbocycles. The maximum atomic E-state index is 8.65. The van der Waals surface area contributed by atoms with Crippen molar-refractivity contribution in [2.24, 2.45) is 0 Å². The van der Waals surface area contributed by atoms with Crippen molar-refractivity contribution in [3.8, 4) is 0 Å². The quantitative estimate of drug-likeness (QED) is 0.434. The maximum Gasteiger partial charge on any atom is 2.00 e. The fourth-order valence-electron chi connectivity index (χ4n) is 0. The van der Waals surface area contributed by atoms with Crippen LogP contribution >= 0.6 is 0 Å². The minimum absolute atomic E-state index is 0. The van der Waals surface area contributed by atoms with Crippen molar-refractivity contribution in [1.82, 2.24) is 0 Å². The molecule has 0 spiro atoms. The zero-order chi connectivity index (χ0) is 7.15. The summed E-state index contributed by atoms with van der Waals surface area (Å²) in [5, 5.41) is 0. The van der Waals surface area contributed by atoms with Crippen LogP contribution in [0, 0.1) is 0 Å². The molecule has 0 saturated heterocycles. The first kappa shape index (κ1) is 16.6. The molecule has 0 amide bonds. The largest absolute Gasteiger partial charge is 2.00 e. The summed E-state index contributed by atoms with van der Waals surface area (Å²) in [5.41, 5.74) is 0. The van der Waals surface area contributed by atoms with Gasteiger partial charge in [-0.2, -0.15) is 0 Å². The Bertz CT molecular complexity index is 69.1.